The van der Waals surface area contributed by atoms with E-state index in [1.165, 1.54) is 23.8 Å². The van der Waals surface area contributed by atoms with Crippen molar-refractivity contribution in [1.29, 1.82) is 0 Å². The van der Waals surface area contributed by atoms with Crippen LogP contribution in [0.3, 0.4) is 0 Å². The summed E-state index contributed by atoms with van der Waals surface area (Å²) in [5.74, 6) is -0.241. The molecule has 0 aliphatic carbocycles. The van der Waals surface area contributed by atoms with Gasteiger partial charge in [0.15, 0.2) is 0 Å². The van der Waals surface area contributed by atoms with Crippen LogP contribution in [-0.4, -0.2) is 24.5 Å². The molecule has 0 saturated heterocycles. The minimum absolute atomic E-state index is 0.241. The van der Waals surface area contributed by atoms with Gasteiger partial charge in [0.25, 0.3) is 0 Å². The summed E-state index contributed by atoms with van der Waals surface area (Å²) in [6.45, 7) is 9.35. The molecule has 0 atom stereocenters. The van der Waals surface area contributed by atoms with Crippen molar-refractivity contribution in [3.8, 4) is 0 Å². The lowest BCUT2D eigenvalue weighted by atomic mass is 9.94. The lowest BCUT2D eigenvalue weighted by molar-refractivity contribution is 0.0598. The molecule has 0 bridgehead atoms. The normalized spacial score (nSPS) is 13.8. The van der Waals surface area contributed by atoms with Crippen LogP contribution in [0, 0.1) is 0 Å². The number of nitrogens with zero attached hydrogens (tertiary/aromatic N) is 1. The molecule has 0 aromatic heterocycles. The van der Waals surface area contributed by atoms with E-state index in [4.69, 9.17) is 4.74 Å². The maximum Gasteiger partial charge on any atom is 0.338 e. The van der Waals surface area contributed by atoms with E-state index < -0.39 is 0 Å². The second kappa shape index (κ2) is 8.19. The first-order valence-electron chi connectivity index (χ1n) is 8.95. The quantitative estimate of drug-likeness (QED) is 0.808. The van der Waals surface area contributed by atoms with E-state index in [1.54, 1.807) is 0 Å². The van der Waals surface area contributed by atoms with Crippen molar-refractivity contribution < 1.29 is 9.53 Å². The fourth-order valence-corrected chi connectivity index (χ4v) is 3.38. The summed E-state index contributed by atoms with van der Waals surface area (Å²) in [4.78, 5) is 14.4. The van der Waals surface area contributed by atoms with Gasteiger partial charge >= 0.3 is 5.97 Å². The van der Waals surface area contributed by atoms with E-state index in [0.29, 0.717) is 5.56 Å². The number of hydrogen-bond acceptors (Lipinski definition) is 4. The molecule has 26 heavy (non-hydrogen) atoms. The van der Waals surface area contributed by atoms with E-state index in [9.17, 15) is 4.79 Å². The summed E-state index contributed by atoms with van der Waals surface area (Å²) in [6.07, 6.45) is 0.876. The molecular weight excluding hydrogens is 324 g/mol. The largest absolute Gasteiger partial charge is 0.465 e. The van der Waals surface area contributed by atoms with Crippen molar-refractivity contribution in [2.45, 2.75) is 33.0 Å². The molecule has 4 nitrogen and oxygen atoms in total. The van der Waals surface area contributed by atoms with Crippen LogP contribution in [0.25, 0.3) is 0 Å². The Balaban J connectivity index is 1.64. The van der Waals surface area contributed by atoms with E-state index in [2.05, 4.69) is 47.1 Å². The Bertz CT molecular complexity index is 796. The third-order valence-corrected chi connectivity index (χ3v) is 4.77. The zero-order valence-electron chi connectivity index (χ0n) is 15.5. The van der Waals surface area contributed by atoms with Crippen molar-refractivity contribution in [1.82, 2.24) is 10.2 Å². The fraction of sp³-hybridized carbons (Fsp3) is 0.318. The number of esters is 1. The number of allylic oxidation sites excluding steroid dienone is 1. The third kappa shape index (κ3) is 4.33. The lowest BCUT2D eigenvalue weighted by Crippen LogP contribution is -2.31. The Labute approximate surface area is 155 Å². The van der Waals surface area contributed by atoms with Gasteiger partial charge in [0.1, 0.15) is 0 Å². The van der Waals surface area contributed by atoms with E-state index in [-0.39, 0.29) is 5.97 Å². The van der Waals surface area contributed by atoms with Crippen molar-refractivity contribution in [3.63, 3.8) is 0 Å². The van der Waals surface area contributed by atoms with Gasteiger partial charge in [0.05, 0.1) is 12.7 Å². The molecule has 2 aromatic carbocycles. The highest BCUT2D eigenvalue weighted by atomic mass is 16.5. The monoisotopic (exact) mass is 350 g/mol. The number of ether oxygens (including phenoxy) is 1. The highest BCUT2D eigenvalue weighted by Crippen LogP contribution is 2.24. The van der Waals surface area contributed by atoms with E-state index in [0.717, 1.165) is 43.9 Å². The molecule has 1 aliphatic rings. The number of fused-ring (bicyclic) bond motifs is 1. The summed E-state index contributed by atoms with van der Waals surface area (Å²) in [5.41, 5.74) is 6.60. The molecule has 0 unspecified atom stereocenters. The fourth-order valence-electron chi connectivity index (χ4n) is 3.38. The van der Waals surface area contributed by atoms with Gasteiger partial charge in [-0.05, 0) is 41.7 Å². The Hall–Kier alpha value is -2.59. The van der Waals surface area contributed by atoms with Crippen molar-refractivity contribution in [3.05, 3.63) is 82.6 Å². The minimum atomic E-state index is -0.241. The van der Waals surface area contributed by atoms with Gasteiger partial charge in [-0.3, -0.25) is 4.90 Å². The van der Waals surface area contributed by atoms with E-state index >= 15 is 0 Å². The van der Waals surface area contributed by atoms with Crippen molar-refractivity contribution in [2.75, 3.05) is 13.7 Å². The highest BCUT2D eigenvalue weighted by molar-refractivity contribution is 5.91. The molecule has 1 aliphatic heterocycles. The first-order valence-corrected chi connectivity index (χ1v) is 8.95. The molecule has 0 saturated carbocycles. The number of benzene rings is 2. The Morgan fingerprint density at radius 3 is 2.62 bits per heavy atom. The van der Waals surface area contributed by atoms with Gasteiger partial charge in [0.2, 0.25) is 0 Å². The maximum atomic E-state index is 11.9. The number of carbonyl (C=O) groups is 1. The van der Waals surface area contributed by atoms with Crippen LogP contribution in [0.4, 0.5) is 0 Å². The second-order valence-corrected chi connectivity index (χ2v) is 6.85. The lowest BCUT2D eigenvalue weighted by Gasteiger charge is -2.29. The van der Waals surface area contributed by atoms with Crippen LogP contribution in [0.1, 0.15) is 39.5 Å². The number of methoxy groups -OCH3 is 1. The van der Waals surface area contributed by atoms with Gasteiger partial charge in [-0.1, -0.05) is 43.0 Å². The summed E-state index contributed by atoms with van der Waals surface area (Å²) < 4.78 is 4.91. The van der Waals surface area contributed by atoms with Crippen LogP contribution in [0.5, 0.6) is 0 Å². The summed E-state index contributed by atoms with van der Waals surface area (Å²) >= 11 is 0. The predicted molar refractivity (Wildman–Crippen MR) is 104 cm³/mol. The summed E-state index contributed by atoms with van der Waals surface area (Å²) in [6, 6.07) is 14.6. The molecule has 0 spiro atoms. The SMILES string of the molecule is C=C(C)NCc1ccc(CN2CCc3c(cccc3C(=O)OC)C2)cc1. The topological polar surface area (TPSA) is 41.6 Å². The third-order valence-electron chi connectivity index (χ3n) is 4.77. The molecule has 3 rings (SSSR count). The van der Waals surface area contributed by atoms with E-state index in [1.807, 2.05) is 19.1 Å². The highest BCUT2D eigenvalue weighted by Gasteiger charge is 2.21. The van der Waals surface area contributed by atoms with Crippen molar-refractivity contribution in [2.24, 2.45) is 0 Å². The molecule has 1 N–H and O–H groups in total. The van der Waals surface area contributed by atoms with Crippen LogP contribution >= 0.6 is 0 Å². The smallest absolute Gasteiger partial charge is 0.338 e. The summed E-state index contributed by atoms with van der Waals surface area (Å²) in [7, 11) is 1.44. The first kappa shape index (κ1) is 18.2. The molecule has 0 amide bonds. The first-order chi connectivity index (χ1) is 12.6. The molecule has 0 radical (unpaired) electrons. The van der Waals surface area contributed by atoms with Crippen LogP contribution in [0.15, 0.2) is 54.7 Å². The molecule has 2 aromatic rings. The van der Waals surface area contributed by atoms with Gasteiger partial charge in [-0.2, -0.15) is 0 Å². The van der Waals surface area contributed by atoms with Gasteiger partial charge in [-0.25, -0.2) is 4.79 Å². The van der Waals surface area contributed by atoms with Crippen LogP contribution < -0.4 is 5.32 Å². The molecular formula is C22H26N2O2. The molecule has 0 fully saturated rings. The second-order valence-electron chi connectivity index (χ2n) is 6.85. The average molecular weight is 350 g/mol. The van der Waals surface area contributed by atoms with Crippen molar-refractivity contribution >= 4 is 5.97 Å². The minimum Gasteiger partial charge on any atom is -0.465 e. The molecule has 1 heterocycles. The average Bonchev–Trinajstić information content (AvgIpc) is 2.66. The Morgan fingerprint density at radius 2 is 1.92 bits per heavy atom. The zero-order chi connectivity index (χ0) is 18.5. The maximum absolute atomic E-state index is 11.9. The van der Waals surface area contributed by atoms with Crippen LogP contribution in [0.2, 0.25) is 0 Å². The Kier molecular flexibility index (Phi) is 5.74. The van der Waals surface area contributed by atoms with Gasteiger partial charge < -0.3 is 10.1 Å². The van der Waals surface area contributed by atoms with Gasteiger partial charge in [-0.15, -0.1) is 0 Å². The molecule has 136 valence electrons. The van der Waals surface area contributed by atoms with Gasteiger partial charge in [0, 0.05) is 31.9 Å². The Morgan fingerprint density at radius 1 is 1.19 bits per heavy atom. The molecule has 4 heteroatoms. The number of rotatable bonds is 6. The zero-order valence-corrected chi connectivity index (χ0v) is 15.5. The standard InChI is InChI=1S/C22H26N2O2/c1-16(2)23-13-17-7-9-18(10-8-17)14-24-12-11-20-19(15-24)5-4-6-21(20)22(25)26-3/h4-10,23H,1,11-15H2,2-3H3. The summed E-state index contributed by atoms with van der Waals surface area (Å²) in [5, 5.41) is 3.25. The van der Waals surface area contributed by atoms with Crippen LogP contribution in [-0.2, 0) is 30.8 Å². The number of carbonyl (C=O) groups excluding carboxylic acids is 1. The number of hydrogen-bond donors (Lipinski definition) is 1. The predicted octanol–water partition coefficient (Wildman–Crippen LogP) is 3.65. The number of nitrogens with one attached hydrogen (secondary N) is 1.